The molecule has 146 valence electrons. The van der Waals surface area contributed by atoms with Crippen LogP contribution in [0, 0.1) is 23.2 Å². The minimum absolute atomic E-state index is 0.112. The van der Waals surface area contributed by atoms with Crippen LogP contribution >= 0.6 is 11.8 Å². The highest BCUT2D eigenvalue weighted by molar-refractivity contribution is 7.99. The van der Waals surface area contributed by atoms with Crippen molar-refractivity contribution in [3.63, 3.8) is 0 Å². The molecule has 5 fully saturated rings. The molecule has 1 aromatic rings. The fourth-order valence-corrected chi connectivity index (χ4v) is 7.73. The first-order valence-electron chi connectivity index (χ1n) is 10.8. The molecule has 0 spiro atoms. The molecule has 27 heavy (non-hydrogen) atoms. The van der Waals surface area contributed by atoms with Crippen molar-refractivity contribution in [2.24, 2.45) is 23.2 Å². The number of hydrogen-bond donors (Lipinski definition) is 1. The van der Waals surface area contributed by atoms with Crippen molar-refractivity contribution in [2.45, 2.75) is 62.4 Å². The molecule has 0 radical (unpaired) electrons. The van der Waals surface area contributed by atoms with Gasteiger partial charge in [-0.1, -0.05) is 12.1 Å². The van der Waals surface area contributed by atoms with Gasteiger partial charge in [0.2, 0.25) is 0 Å². The summed E-state index contributed by atoms with van der Waals surface area (Å²) in [6, 6.07) is 8.08. The number of carbonyl (C=O) groups is 1. The predicted molar refractivity (Wildman–Crippen MR) is 109 cm³/mol. The predicted octanol–water partition coefficient (Wildman–Crippen LogP) is 4.90. The van der Waals surface area contributed by atoms with Gasteiger partial charge in [0.25, 0.3) is 5.91 Å². The Morgan fingerprint density at radius 1 is 1.11 bits per heavy atom. The third kappa shape index (κ3) is 3.80. The van der Waals surface area contributed by atoms with Crippen LogP contribution in [0.1, 0.15) is 61.7 Å². The summed E-state index contributed by atoms with van der Waals surface area (Å²) in [7, 11) is 0. The zero-order valence-corrected chi connectivity index (χ0v) is 16.9. The van der Waals surface area contributed by atoms with Crippen LogP contribution in [0.4, 0.5) is 0 Å². The van der Waals surface area contributed by atoms with Gasteiger partial charge in [-0.05, 0) is 86.7 Å². The topological polar surface area (TPSA) is 38.3 Å². The summed E-state index contributed by atoms with van der Waals surface area (Å²) in [4.78, 5) is 14.1. The van der Waals surface area contributed by atoms with Crippen LogP contribution in [0.25, 0.3) is 0 Å². The van der Waals surface area contributed by atoms with E-state index in [1.807, 2.05) is 18.2 Å². The van der Waals surface area contributed by atoms with Crippen molar-refractivity contribution in [3.8, 4) is 0 Å². The summed E-state index contributed by atoms with van der Waals surface area (Å²) >= 11 is 1.77. The van der Waals surface area contributed by atoms with Crippen molar-refractivity contribution < 1.29 is 9.53 Å². The van der Waals surface area contributed by atoms with E-state index in [9.17, 15) is 4.79 Å². The van der Waals surface area contributed by atoms with Gasteiger partial charge < -0.3 is 10.1 Å². The molecule has 4 heteroatoms. The van der Waals surface area contributed by atoms with E-state index in [0.29, 0.717) is 11.5 Å². The lowest BCUT2D eigenvalue weighted by Crippen LogP contribution is -2.51. The molecule has 1 amide bonds. The van der Waals surface area contributed by atoms with Crippen molar-refractivity contribution >= 4 is 17.7 Å². The molecule has 1 saturated heterocycles. The Morgan fingerprint density at radius 2 is 1.81 bits per heavy atom. The van der Waals surface area contributed by atoms with Crippen molar-refractivity contribution in [2.75, 3.05) is 18.9 Å². The standard InChI is InChI=1S/C23H31NO2S/c25-22(20-5-1-2-6-21(20)27-14-19-4-3-7-26-19)24-15-23-11-16-8-17(12-23)10-18(9-16)13-23/h1-2,5-6,16-19H,3-4,7-15H2,(H,24,25)/t16?,17?,18?,19-,23?/m0/s1. The van der Waals surface area contributed by atoms with Crippen LogP contribution in [0.2, 0.25) is 0 Å². The maximum atomic E-state index is 13.0. The smallest absolute Gasteiger partial charge is 0.252 e. The lowest BCUT2D eigenvalue weighted by atomic mass is 9.49. The van der Waals surface area contributed by atoms with Gasteiger partial charge in [-0.3, -0.25) is 4.79 Å². The summed E-state index contributed by atoms with van der Waals surface area (Å²) in [5.74, 6) is 3.85. The number of thioether (sulfide) groups is 1. The zero-order valence-electron chi connectivity index (χ0n) is 16.1. The molecule has 4 saturated carbocycles. The van der Waals surface area contributed by atoms with Crippen molar-refractivity contribution in [3.05, 3.63) is 29.8 Å². The molecule has 1 N–H and O–H groups in total. The molecule has 1 aromatic carbocycles. The van der Waals surface area contributed by atoms with E-state index < -0.39 is 0 Å². The molecule has 1 aliphatic heterocycles. The summed E-state index contributed by atoms with van der Waals surface area (Å²) in [5.41, 5.74) is 1.23. The summed E-state index contributed by atoms with van der Waals surface area (Å²) in [6.45, 7) is 1.76. The highest BCUT2D eigenvalue weighted by Gasteiger charge is 2.50. The van der Waals surface area contributed by atoms with Crippen LogP contribution in [-0.4, -0.2) is 30.9 Å². The molecular formula is C23H31NO2S. The Labute approximate surface area is 167 Å². The maximum absolute atomic E-state index is 13.0. The van der Waals surface area contributed by atoms with E-state index in [-0.39, 0.29) is 5.91 Å². The number of hydrogen-bond acceptors (Lipinski definition) is 3. The third-order valence-electron chi connectivity index (χ3n) is 7.37. The number of rotatable bonds is 6. The summed E-state index contributed by atoms with van der Waals surface area (Å²) < 4.78 is 5.74. The number of carbonyl (C=O) groups excluding carboxylic acids is 1. The first-order valence-corrected chi connectivity index (χ1v) is 11.8. The van der Waals surface area contributed by atoms with Gasteiger partial charge in [-0.25, -0.2) is 0 Å². The fraction of sp³-hybridized carbons (Fsp3) is 0.696. The van der Waals surface area contributed by atoms with E-state index in [2.05, 4.69) is 11.4 Å². The number of amides is 1. The Balaban J connectivity index is 1.22. The average Bonchev–Trinajstić information content (AvgIpc) is 3.17. The van der Waals surface area contributed by atoms with Crippen LogP contribution in [0.15, 0.2) is 29.2 Å². The molecule has 0 unspecified atom stereocenters. The van der Waals surface area contributed by atoms with Crippen molar-refractivity contribution in [1.82, 2.24) is 5.32 Å². The molecule has 3 nitrogen and oxygen atoms in total. The van der Waals surface area contributed by atoms with Gasteiger partial charge in [0.1, 0.15) is 0 Å². The minimum atomic E-state index is 0.112. The molecule has 4 bridgehead atoms. The monoisotopic (exact) mass is 385 g/mol. The number of nitrogens with one attached hydrogen (secondary N) is 1. The summed E-state index contributed by atoms with van der Waals surface area (Å²) in [5, 5.41) is 3.34. The highest BCUT2D eigenvalue weighted by Crippen LogP contribution is 2.59. The van der Waals surface area contributed by atoms with Gasteiger partial charge in [0.15, 0.2) is 0 Å². The van der Waals surface area contributed by atoms with Gasteiger partial charge in [0, 0.05) is 23.8 Å². The zero-order chi connectivity index (χ0) is 18.3. The van der Waals surface area contributed by atoms with Gasteiger partial charge >= 0.3 is 0 Å². The molecule has 1 atom stereocenters. The first kappa shape index (κ1) is 18.1. The van der Waals surface area contributed by atoms with Crippen molar-refractivity contribution in [1.29, 1.82) is 0 Å². The first-order chi connectivity index (χ1) is 13.2. The Hall–Kier alpha value is -1.00. The molecular weight excluding hydrogens is 354 g/mol. The van der Waals surface area contributed by atoms with E-state index in [1.165, 1.54) is 44.9 Å². The Bertz CT molecular complexity index is 662. The van der Waals surface area contributed by atoms with Crippen LogP contribution in [0.5, 0.6) is 0 Å². The van der Waals surface area contributed by atoms with Crippen LogP contribution in [-0.2, 0) is 4.74 Å². The van der Waals surface area contributed by atoms with E-state index in [1.54, 1.807) is 11.8 Å². The molecule has 0 aromatic heterocycles. The second-order valence-corrected chi connectivity index (χ2v) is 10.6. The Morgan fingerprint density at radius 3 is 2.48 bits per heavy atom. The van der Waals surface area contributed by atoms with Gasteiger partial charge in [-0.2, -0.15) is 0 Å². The van der Waals surface area contributed by atoms with E-state index >= 15 is 0 Å². The van der Waals surface area contributed by atoms with E-state index in [4.69, 9.17) is 4.74 Å². The van der Waals surface area contributed by atoms with Gasteiger partial charge in [-0.15, -0.1) is 11.8 Å². The largest absolute Gasteiger partial charge is 0.377 e. The number of benzene rings is 1. The summed E-state index contributed by atoms with van der Waals surface area (Å²) in [6.07, 6.45) is 11.0. The maximum Gasteiger partial charge on any atom is 0.252 e. The normalized spacial score (nSPS) is 36.9. The lowest BCUT2D eigenvalue weighted by molar-refractivity contribution is -0.0503. The SMILES string of the molecule is O=C(NCC12CC3CC(CC(C3)C1)C2)c1ccccc1SC[C@@H]1CCCO1. The third-order valence-corrected chi connectivity index (χ3v) is 8.57. The fourth-order valence-electron chi connectivity index (χ4n) is 6.61. The quantitative estimate of drug-likeness (QED) is 0.708. The minimum Gasteiger partial charge on any atom is -0.377 e. The van der Waals surface area contributed by atoms with E-state index in [0.717, 1.165) is 53.5 Å². The second-order valence-electron chi connectivity index (χ2n) is 9.54. The molecule has 1 heterocycles. The molecule has 5 aliphatic rings. The molecule has 6 rings (SSSR count). The molecule has 4 aliphatic carbocycles. The highest BCUT2D eigenvalue weighted by atomic mass is 32.2. The Kier molecular flexibility index (Phi) is 4.97. The lowest BCUT2D eigenvalue weighted by Gasteiger charge is -2.56. The second kappa shape index (κ2) is 7.44. The van der Waals surface area contributed by atoms with Crippen LogP contribution < -0.4 is 5.32 Å². The van der Waals surface area contributed by atoms with Crippen LogP contribution in [0.3, 0.4) is 0 Å². The van der Waals surface area contributed by atoms with Gasteiger partial charge in [0.05, 0.1) is 11.7 Å². The number of ether oxygens (including phenoxy) is 1. The average molecular weight is 386 g/mol.